The van der Waals surface area contributed by atoms with Crippen LogP contribution in [-0.2, 0) is 26.6 Å². The lowest BCUT2D eigenvalue weighted by Gasteiger charge is -2.20. The summed E-state index contributed by atoms with van der Waals surface area (Å²) in [7, 11) is -8.57. The van der Waals surface area contributed by atoms with E-state index in [9.17, 15) is 16.8 Å². The van der Waals surface area contributed by atoms with Crippen LogP contribution in [0.4, 0.5) is 5.69 Å². The Morgan fingerprint density at radius 1 is 0.789 bits per heavy atom. The maximum Gasteiger partial charge on any atom is 0.341 e. The Hall–Kier alpha value is -3.72. The van der Waals surface area contributed by atoms with E-state index in [-0.39, 0.29) is 53.3 Å². The second-order valence-electron chi connectivity index (χ2n) is 8.10. The molecule has 0 amide bonds. The lowest BCUT2D eigenvalue weighted by molar-refractivity contribution is 0.315. The van der Waals surface area contributed by atoms with Gasteiger partial charge in [-0.15, -0.1) is 0 Å². The molecule has 1 aliphatic carbocycles. The average Bonchev–Trinajstić information content (AvgIpc) is 3.57. The number of hydrogen-bond donors (Lipinski definition) is 1. The zero-order valence-electron chi connectivity index (χ0n) is 18.8. The van der Waals surface area contributed by atoms with Gasteiger partial charge in [0.2, 0.25) is 0 Å². The van der Waals surface area contributed by atoms with Crippen LogP contribution in [0.2, 0.25) is 10.0 Å². The molecule has 0 spiro atoms. The maximum absolute atomic E-state index is 13.3. The SMILES string of the molecule is O=S(=O)(Nc1ccc(OS(=O)(=O)c2ccc(Cl)c3nonc23)c2c1C=CCC2)c1ccc(Cl)c2nonc12. The van der Waals surface area contributed by atoms with E-state index < -0.39 is 20.1 Å². The number of halogens is 2. The molecule has 1 aliphatic rings. The van der Waals surface area contributed by atoms with Crippen molar-refractivity contribution in [2.75, 3.05) is 4.72 Å². The fourth-order valence-corrected chi connectivity index (χ4v) is 6.77. The number of sulfonamides is 1. The number of benzene rings is 3. The van der Waals surface area contributed by atoms with Crippen LogP contribution in [0.1, 0.15) is 17.5 Å². The summed E-state index contributed by atoms with van der Waals surface area (Å²) in [6.07, 6.45) is 4.50. The van der Waals surface area contributed by atoms with Crippen LogP contribution in [0.3, 0.4) is 0 Å². The number of nitrogens with zero attached hydrogens (tertiary/aromatic N) is 4. The summed E-state index contributed by atoms with van der Waals surface area (Å²) in [4.78, 5) is -0.474. The lowest BCUT2D eigenvalue weighted by atomic mass is 9.95. The van der Waals surface area contributed by atoms with Crippen LogP contribution in [0.25, 0.3) is 28.1 Å². The molecule has 0 fully saturated rings. The number of rotatable bonds is 6. The van der Waals surface area contributed by atoms with E-state index in [1.807, 2.05) is 6.08 Å². The minimum atomic E-state index is -4.40. The Labute approximate surface area is 224 Å². The smallest absolute Gasteiger partial charge is 0.341 e. The molecule has 0 saturated carbocycles. The van der Waals surface area contributed by atoms with Gasteiger partial charge in [0.15, 0.2) is 22.1 Å². The molecule has 0 radical (unpaired) electrons. The monoisotopic (exact) mass is 593 g/mol. The van der Waals surface area contributed by atoms with Crippen molar-refractivity contribution in [3.63, 3.8) is 0 Å². The largest absolute Gasteiger partial charge is 0.379 e. The average molecular weight is 594 g/mol. The van der Waals surface area contributed by atoms with Gasteiger partial charge in [-0.05, 0) is 69.9 Å². The quantitative estimate of drug-likeness (QED) is 0.273. The molecule has 38 heavy (non-hydrogen) atoms. The van der Waals surface area contributed by atoms with E-state index in [0.717, 1.165) is 0 Å². The van der Waals surface area contributed by atoms with Crippen molar-refractivity contribution in [3.05, 3.63) is 63.6 Å². The van der Waals surface area contributed by atoms with Gasteiger partial charge in [-0.25, -0.2) is 17.7 Å². The normalized spacial score (nSPS) is 13.6. The summed E-state index contributed by atoms with van der Waals surface area (Å²) in [6, 6.07) is 8.02. The van der Waals surface area contributed by atoms with Crippen LogP contribution in [0.15, 0.2) is 61.5 Å². The van der Waals surface area contributed by atoms with Gasteiger partial charge in [0, 0.05) is 11.1 Å². The van der Waals surface area contributed by atoms with Gasteiger partial charge in [0.05, 0.1) is 15.7 Å². The van der Waals surface area contributed by atoms with E-state index in [4.69, 9.17) is 27.4 Å². The van der Waals surface area contributed by atoms with E-state index >= 15 is 0 Å². The fraction of sp³-hybridized carbons (Fsp3) is 0.0909. The van der Waals surface area contributed by atoms with Gasteiger partial charge in [0.25, 0.3) is 10.0 Å². The molecule has 2 heterocycles. The number of hydrogen-bond acceptors (Lipinski definition) is 11. The fourth-order valence-electron chi connectivity index (χ4n) is 4.10. The zero-order chi connectivity index (χ0) is 26.7. The standard InChI is InChI=1S/C22H13Cl2N5O7S2/c23-13-5-9-17(21-19(13)25-35-27-21)37(30,31)29-15-7-8-16(12-4-2-1-3-11(12)15)34-38(32,33)18-10-6-14(24)20-22(18)28-36-26-20/h1,3,5-10,29H,2,4H2. The van der Waals surface area contributed by atoms with Crippen LogP contribution < -0.4 is 8.91 Å². The highest BCUT2D eigenvalue weighted by molar-refractivity contribution is 7.93. The molecule has 0 atom stereocenters. The Morgan fingerprint density at radius 3 is 2.08 bits per heavy atom. The second kappa shape index (κ2) is 8.94. The first-order chi connectivity index (χ1) is 18.2. The molecule has 3 aromatic carbocycles. The third-order valence-corrected chi connectivity index (χ3v) is 9.09. The molecule has 12 nitrogen and oxygen atoms in total. The third kappa shape index (κ3) is 4.05. The number of anilines is 1. The number of aromatic nitrogens is 4. The summed E-state index contributed by atoms with van der Waals surface area (Å²) < 4.78 is 70.3. The Balaban J connectivity index is 1.39. The summed E-state index contributed by atoms with van der Waals surface area (Å²) in [5.41, 5.74) is 1.21. The van der Waals surface area contributed by atoms with Crippen molar-refractivity contribution in [1.82, 2.24) is 20.6 Å². The van der Waals surface area contributed by atoms with Gasteiger partial charge in [-0.3, -0.25) is 4.72 Å². The molecule has 0 aliphatic heterocycles. The van der Waals surface area contributed by atoms with E-state index in [0.29, 0.717) is 24.0 Å². The first kappa shape index (κ1) is 24.6. The molecule has 16 heteroatoms. The van der Waals surface area contributed by atoms with Gasteiger partial charge < -0.3 is 4.18 Å². The maximum atomic E-state index is 13.3. The first-order valence-electron chi connectivity index (χ1n) is 10.8. The third-order valence-electron chi connectivity index (χ3n) is 5.82. The summed E-state index contributed by atoms with van der Waals surface area (Å²) >= 11 is 12.1. The van der Waals surface area contributed by atoms with Crippen LogP contribution >= 0.6 is 23.2 Å². The Bertz CT molecular complexity index is 2000. The number of allylic oxidation sites excluding steroid dienone is 1. The highest BCUT2D eigenvalue weighted by Crippen LogP contribution is 2.38. The van der Waals surface area contributed by atoms with Crippen molar-refractivity contribution in [3.8, 4) is 5.75 Å². The first-order valence-corrected chi connectivity index (χ1v) is 14.4. The van der Waals surface area contributed by atoms with Gasteiger partial charge in [-0.2, -0.15) is 8.42 Å². The molecule has 1 N–H and O–H groups in total. The van der Waals surface area contributed by atoms with Crippen molar-refractivity contribution in [1.29, 1.82) is 0 Å². The lowest BCUT2D eigenvalue weighted by Crippen LogP contribution is -2.17. The number of nitrogens with one attached hydrogen (secondary N) is 1. The molecule has 0 bridgehead atoms. The Morgan fingerprint density at radius 2 is 1.39 bits per heavy atom. The van der Waals surface area contributed by atoms with Crippen LogP contribution in [-0.4, -0.2) is 37.5 Å². The van der Waals surface area contributed by atoms with Crippen molar-refractivity contribution >= 4 is 77.2 Å². The predicted molar refractivity (Wildman–Crippen MR) is 136 cm³/mol. The second-order valence-corrected chi connectivity index (χ2v) is 12.1. The number of fused-ring (bicyclic) bond motifs is 3. The molecular weight excluding hydrogens is 581 g/mol. The molecule has 2 aromatic heterocycles. The predicted octanol–water partition coefficient (Wildman–Crippen LogP) is 4.59. The minimum absolute atomic E-state index is 0.0291. The Kier molecular flexibility index (Phi) is 5.79. The molecule has 0 unspecified atom stereocenters. The summed E-state index contributed by atoms with van der Waals surface area (Å²) in [5, 5.41) is 14.9. The topological polar surface area (TPSA) is 167 Å². The van der Waals surface area contributed by atoms with Gasteiger partial charge in [-0.1, -0.05) is 35.4 Å². The van der Waals surface area contributed by atoms with Crippen LogP contribution in [0, 0.1) is 0 Å². The highest BCUT2D eigenvalue weighted by atomic mass is 35.5. The van der Waals surface area contributed by atoms with Gasteiger partial charge in [0.1, 0.15) is 15.5 Å². The van der Waals surface area contributed by atoms with E-state index in [2.05, 4.69) is 34.6 Å². The van der Waals surface area contributed by atoms with Crippen LogP contribution in [0.5, 0.6) is 5.75 Å². The van der Waals surface area contributed by atoms with Gasteiger partial charge >= 0.3 is 10.1 Å². The minimum Gasteiger partial charge on any atom is -0.379 e. The highest BCUT2D eigenvalue weighted by Gasteiger charge is 2.28. The van der Waals surface area contributed by atoms with E-state index in [1.54, 1.807) is 6.08 Å². The molecule has 5 aromatic rings. The van der Waals surface area contributed by atoms with Crippen molar-refractivity contribution < 1.29 is 30.3 Å². The molecular formula is C22H13Cl2N5O7S2. The van der Waals surface area contributed by atoms with Crippen molar-refractivity contribution in [2.24, 2.45) is 0 Å². The van der Waals surface area contributed by atoms with Crippen molar-refractivity contribution in [2.45, 2.75) is 22.6 Å². The van der Waals surface area contributed by atoms with E-state index in [1.165, 1.54) is 36.4 Å². The molecule has 0 saturated heterocycles. The molecule has 194 valence electrons. The zero-order valence-corrected chi connectivity index (χ0v) is 21.9. The molecule has 6 rings (SSSR count). The summed E-state index contributed by atoms with van der Waals surface area (Å²) in [6.45, 7) is 0. The summed E-state index contributed by atoms with van der Waals surface area (Å²) in [5.74, 6) is 0.0291.